The summed E-state index contributed by atoms with van der Waals surface area (Å²) in [7, 11) is -2.50. The van der Waals surface area contributed by atoms with Crippen molar-refractivity contribution in [3.05, 3.63) is 87.1 Å². The summed E-state index contributed by atoms with van der Waals surface area (Å²) in [5.41, 5.74) is 9.79. The van der Waals surface area contributed by atoms with E-state index < -0.39 is 8.32 Å². The highest BCUT2D eigenvalue weighted by molar-refractivity contribution is 7.16. The maximum absolute atomic E-state index is 13.2. The second kappa shape index (κ2) is 12.5. The molecule has 0 bridgehead atoms. The molecular weight excluding hydrogens is 478 g/mol. The maximum atomic E-state index is 13.2. The normalized spacial score (nSPS) is 18.7. The maximum Gasteiger partial charge on any atom is 0.215 e. The zero-order valence-electron chi connectivity index (χ0n) is 21.8. The predicted molar refractivity (Wildman–Crippen MR) is 155 cm³/mol. The summed E-state index contributed by atoms with van der Waals surface area (Å²) in [5.74, 6) is 1.49. The van der Waals surface area contributed by atoms with Crippen LogP contribution in [0.2, 0.25) is 13.1 Å². The Morgan fingerprint density at radius 1 is 0.972 bits per heavy atom. The van der Waals surface area contributed by atoms with Crippen molar-refractivity contribution in [2.24, 2.45) is 11.7 Å². The number of carbonyl (C=O) groups excluding carboxylic acids is 1. The molecule has 1 heterocycles. The lowest BCUT2D eigenvalue weighted by Gasteiger charge is -2.16. The Morgan fingerprint density at radius 2 is 1.75 bits per heavy atom. The SMILES string of the molecule is C[Si](C)(O)c1cc(C(=O)CCC2CCCC(c3cccc(CN)c3)CC2)sc1CCc1ccccc1. The van der Waals surface area contributed by atoms with Gasteiger partial charge in [-0.25, -0.2) is 0 Å². The molecule has 0 spiro atoms. The van der Waals surface area contributed by atoms with E-state index in [0.29, 0.717) is 24.8 Å². The van der Waals surface area contributed by atoms with Crippen molar-refractivity contribution in [1.29, 1.82) is 0 Å². The van der Waals surface area contributed by atoms with Gasteiger partial charge in [0.2, 0.25) is 8.32 Å². The first-order valence-corrected chi connectivity index (χ1v) is 17.3. The fourth-order valence-electron chi connectivity index (χ4n) is 5.61. The standard InChI is InChI=1S/C31H41NO2SSi/c1-36(2,34)31-21-30(35-29(31)19-16-23-8-4-3-5-9-23)28(33)18-15-24-10-6-12-26(17-14-24)27-13-7-11-25(20-27)22-32/h3-5,7-9,11,13,20-21,24,26,34H,6,10,12,14-19,22,32H2,1-2H3. The minimum Gasteiger partial charge on any atom is -0.428 e. The smallest absolute Gasteiger partial charge is 0.215 e. The van der Waals surface area contributed by atoms with Gasteiger partial charge in [-0.2, -0.15) is 0 Å². The van der Waals surface area contributed by atoms with E-state index in [4.69, 9.17) is 5.73 Å². The van der Waals surface area contributed by atoms with E-state index >= 15 is 0 Å². The molecule has 1 aliphatic carbocycles. The van der Waals surface area contributed by atoms with Gasteiger partial charge in [-0.05, 0) is 91.4 Å². The summed E-state index contributed by atoms with van der Waals surface area (Å²) in [6.07, 6.45) is 9.47. The van der Waals surface area contributed by atoms with Gasteiger partial charge in [-0.15, -0.1) is 11.3 Å². The molecule has 0 aliphatic heterocycles. The molecule has 1 fully saturated rings. The Bertz CT molecular complexity index is 1130. The number of hydrogen-bond acceptors (Lipinski definition) is 4. The van der Waals surface area contributed by atoms with Gasteiger partial charge in [0, 0.05) is 17.8 Å². The fraction of sp³-hybridized carbons (Fsp3) is 0.452. The van der Waals surface area contributed by atoms with Gasteiger partial charge in [-0.3, -0.25) is 4.79 Å². The molecule has 36 heavy (non-hydrogen) atoms. The van der Waals surface area contributed by atoms with Crippen LogP contribution in [0.4, 0.5) is 0 Å². The molecule has 0 amide bonds. The Balaban J connectivity index is 1.35. The van der Waals surface area contributed by atoms with Crippen molar-refractivity contribution in [2.75, 3.05) is 0 Å². The quantitative estimate of drug-likeness (QED) is 0.177. The summed E-state index contributed by atoms with van der Waals surface area (Å²) in [6, 6.07) is 21.3. The predicted octanol–water partition coefficient (Wildman–Crippen LogP) is 6.72. The van der Waals surface area contributed by atoms with Crippen molar-refractivity contribution < 1.29 is 9.59 Å². The Labute approximate surface area is 221 Å². The minimum atomic E-state index is -2.50. The average molecular weight is 520 g/mol. The van der Waals surface area contributed by atoms with Crippen LogP contribution >= 0.6 is 11.3 Å². The molecule has 1 saturated carbocycles. The number of ketones is 1. The number of thiophene rings is 1. The number of benzene rings is 2. The van der Waals surface area contributed by atoms with Crippen LogP contribution < -0.4 is 10.9 Å². The molecular formula is C31H41NO2SSi. The molecule has 4 rings (SSSR count). The van der Waals surface area contributed by atoms with Crippen LogP contribution in [-0.4, -0.2) is 18.9 Å². The van der Waals surface area contributed by atoms with E-state index in [9.17, 15) is 9.59 Å². The Kier molecular flexibility index (Phi) is 9.34. The van der Waals surface area contributed by atoms with Gasteiger partial charge >= 0.3 is 0 Å². The summed E-state index contributed by atoms with van der Waals surface area (Å²) in [4.78, 5) is 26.2. The molecule has 1 aliphatic rings. The highest BCUT2D eigenvalue weighted by Gasteiger charge is 2.28. The molecule has 2 unspecified atom stereocenters. The van der Waals surface area contributed by atoms with E-state index in [-0.39, 0.29) is 5.78 Å². The molecule has 2 atom stereocenters. The van der Waals surface area contributed by atoms with Crippen molar-refractivity contribution in [3.63, 3.8) is 0 Å². The number of hydrogen-bond donors (Lipinski definition) is 2. The number of Topliss-reactive ketones (excluding diaryl/α,β-unsaturated/α-hetero) is 1. The fourth-order valence-corrected chi connectivity index (χ4v) is 8.95. The van der Waals surface area contributed by atoms with Crippen LogP contribution in [0.1, 0.15) is 82.1 Å². The summed E-state index contributed by atoms with van der Waals surface area (Å²) in [5, 5.41) is 1.05. The molecule has 0 saturated heterocycles. The van der Waals surface area contributed by atoms with Gasteiger partial charge in [0.15, 0.2) is 5.78 Å². The van der Waals surface area contributed by atoms with Crippen LogP contribution in [0.5, 0.6) is 0 Å². The Hall–Kier alpha value is -2.05. The van der Waals surface area contributed by atoms with Gasteiger partial charge in [0.25, 0.3) is 0 Å². The third kappa shape index (κ3) is 7.25. The van der Waals surface area contributed by atoms with Gasteiger partial charge in [0.05, 0.1) is 4.88 Å². The van der Waals surface area contributed by atoms with Crippen LogP contribution in [0.3, 0.4) is 0 Å². The zero-order valence-corrected chi connectivity index (χ0v) is 23.7. The lowest BCUT2D eigenvalue weighted by molar-refractivity contribution is 0.0976. The van der Waals surface area contributed by atoms with Gasteiger partial charge in [-0.1, -0.05) is 67.4 Å². The van der Waals surface area contributed by atoms with E-state index in [2.05, 4.69) is 48.5 Å². The van der Waals surface area contributed by atoms with E-state index in [1.54, 1.807) is 11.3 Å². The summed E-state index contributed by atoms with van der Waals surface area (Å²) >= 11 is 1.62. The Morgan fingerprint density at radius 3 is 2.50 bits per heavy atom. The molecule has 3 aromatic rings. The minimum absolute atomic E-state index is 0.252. The third-order valence-corrected chi connectivity index (χ3v) is 10.9. The number of carbonyl (C=O) groups is 1. The second-order valence-electron chi connectivity index (χ2n) is 11.0. The van der Waals surface area contributed by atoms with E-state index in [1.807, 2.05) is 25.2 Å². The van der Waals surface area contributed by atoms with Gasteiger partial charge < -0.3 is 10.5 Å². The van der Waals surface area contributed by atoms with E-state index in [1.165, 1.54) is 53.7 Å². The summed E-state index contributed by atoms with van der Waals surface area (Å²) in [6.45, 7) is 4.51. The largest absolute Gasteiger partial charge is 0.428 e. The van der Waals surface area contributed by atoms with Gasteiger partial charge in [0.1, 0.15) is 0 Å². The lowest BCUT2D eigenvalue weighted by atomic mass is 9.89. The zero-order chi connectivity index (χ0) is 25.5. The lowest BCUT2D eigenvalue weighted by Crippen LogP contribution is -2.42. The second-order valence-corrected chi connectivity index (χ2v) is 15.8. The van der Waals surface area contributed by atoms with Crippen molar-refractivity contribution in [1.82, 2.24) is 0 Å². The first-order chi connectivity index (χ1) is 17.3. The average Bonchev–Trinajstić information content (AvgIpc) is 3.19. The third-order valence-electron chi connectivity index (χ3n) is 7.75. The molecule has 2 aromatic carbocycles. The first kappa shape index (κ1) is 27.0. The number of rotatable bonds is 10. The van der Waals surface area contributed by atoms with E-state index in [0.717, 1.165) is 29.3 Å². The van der Waals surface area contributed by atoms with Crippen molar-refractivity contribution >= 4 is 30.6 Å². The number of nitrogens with two attached hydrogens (primary N) is 1. The van der Waals surface area contributed by atoms with Crippen molar-refractivity contribution in [3.8, 4) is 0 Å². The van der Waals surface area contributed by atoms with Crippen LogP contribution in [0, 0.1) is 5.92 Å². The topological polar surface area (TPSA) is 63.3 Å². The number of aryl methyl sites for hydroxylation is 2. The molecule has 1 aromatic heterocycles. The van der Waals surface area contributed by atoms with Crippen LogP contribution in [0.15, 0.2) is 60.7 Å². The molecule has 0 radical (unpaired) electrons. The molecule has 192 valence electrons. The van der Waals surface area contributed by atoms with Crippen LogP contribution in [-0.2, 0) is 19.4 Å². The first-order valence-electron chi connectivity index (χ1n) is 13.5. The molecule has 5 heteroatoms. The highest BCUT2D eigenvalue weighted by Crippen LogP contribution is 2.36. The van der Waals surface area contributed by atoms with Crippen LogP contribution in [0.25, 0.3) is 0 Å². The molecule has 3 N–H and O–H groups in total. The highest BCUT2D eigenvalue weighted by atomic mass is 32.1. The van der Waals surface area contributed by atoms with Crippen molar-refractivity contribution in [2.45, 2.75) is 83.3 Å². The molecule has 3 nitrogen and oxygen atoms in total. The monoisotopic (exact) mass is 519 g/mol. The summed E-state index contributed by atoms with van der Waals surface area (Å²) < 4.78 is 0.